The van der Waals surface area contributed by atoms with Gasteiger partial charge in [-0.15, -0.1) is 20.8 Å². The average molecular weight is 203 g/mol. The molecule has 0 aliphatic carbocycles. The van der Waals surface area contributed by atoms with Gasteiger partial charge in [0.05, 0.1) is 0 Å². The summed E-state index contributed by atoms with van der Waals surface area (Å²) in [6.07, 6.45) is 1.15. The van der Waals surface area contributed by atoms with Crippen molar-refractivity contribution in [3.05, 3.63) is 23.0 Å². The van der Waals surface area contributed by atoms with Gasteiger partial charge in [-0.3, -0.25) is 0 Å². The van der Waals surface area contributed by atoms with Gasteiger partial charge >= 0.3 is 18.6 Å². The molecule has 0 nitrogen and oxygen atoms in total. The molecule has 0 heterocycles. The standard InChI is InChI=1S/C11H20.V/c1-8(2)7-10(5)11(6)9(3)4;/h7H2,1-6H3;/q-2;+2/b11-10-;. The molecule has 69 valence electrons. The molecule has 0 aromatic heterocycles. The number of allylic oxidation sites excluding steroid dienone is 2. The molecular weight excluding hydrogens is 183 g/mol. The third-order valence-corrected chi connectivity index (χ3v) is 2.01. The predicted molar refractivity (Wildman–Crippen MR) is 52.2 cm³/mol. The van der Waals surface area contributed by atoms with Crippen LogP contribution in [0.4, 0.5) is 0 Å². The third-order valence-electron chi connectivity index (χ3n) is 2.01. The van der Waals surface area contributed by atoms with E-state index in [1.165, 1.54) is 23.0 Å². The van der Waals surface area contributed by atoms with Gasteiger partial charge in [0.15, 0.2) is 0 Å². The van der Waals surface area contributed by atoms with Gasteiger partial charge in [0.2, 0.25) is 0 Å². The first-order valence-corrected chi connectivity index (χ1v) is 4.21. The third kappa shape index (κ3) is 5.80. The van der Waals surface area contributed by atoms with Crippen molar-refractivity contribution in [2.75, 3.05) is 0 Å². The molecule has 0 fully saturated rings. The van der Waals surface area contributed by atoms with Crippen molar-refractivity contribution in [2.45, 2.75) is 48.0 Å². The van der Waals surface area contributed by atoms with Gasteiger partial charge in [-0.05, 0) is 0 Å². The number of hydrogen-bond donors (Lipinski definition) is 0. The molecule has 0 unspecified atom stereocenters. The predicted octanol–water partition coefficient (Wildman–Crippen LogP) is 3.94. The topological polar surface area (TPSA) is 0 Å². The number of rotatable bonds is 3. The fourth-order valence-electron chi connectivity index (χ4n) is 1.09. The van der Waals surface area contributed by atoms with Crippen LogP contribution in [-0.4, -0.2) is 0 Å². The normalized spacial score (nSPS) is 12.2. The number of hydrogen-bond acceptors (Lipinski definition) is 0. The second-order valence-electron chi connectivity index (χ2n) is 3.79. The minimum Gasteiger partial charge on any atom is -0.332 e. The van der Waals surface area contributed by atoms with Crippen molar-refractivity contribution in [3.63, 3.8) is 0 Å². The summed E-state index contributed by atoms with van der Waals surface area (Å²) in [6, 6.07) is 0. The van der Waals surface area contributed by atoms with Crippen LogP contribution < -0.4 is 0 Å². The van der Waals surface area contributed by atoms with Crippen LogP contribution in [0.3, 0.4) is 0 Å². The molecule has 0 amide bonds. The van der Waals surface area contributed by atoms with Gasteiger partial charge < -0.3 is 5.92 Å². The molecule has 0 bridgehead atoms. The molecule has 0 atom stereocenters. The van der Waals surface area contributed by atoms with Gasteiger partial charge in [-0.2, -0.15) is 13.8 Å². The molecule has 0 aromatic carbocycles. The average Bonchev–Trinajstić information content (AvgIpc) is 1.84. The van der Waals surface area contributed by atoms with Crippen molar-refractivity contribution >= 4 is 0 Å². The molecule has 0 saturated heterocycles. The molecule has 12 heavy (non-hydrogen) atoms. The van der Waals surface area contributed by atoms with Crippen LogP contribution in [0, 0.1) is 11.8 Å². The van der Waals surface area contributed by atoms with Crippen LogP contribution in [0.2, 0.25) is 0 Å². The SMILES string of the molecule is C/C(C[C-](C)C)=C(\C)[C-](C)C.[V+2]. The maximum atomic E-state index is 2.22. The summed E-state index contributed by atoms with van der Waals surface area (Å²) in [5.74, 6) is 2.92. The Morgan fingerprint density at radius 3 is 1.67 bits per heavy atom. The van der Waals surface area contributed by atoms with Crippen LogP contribution in [0.5, 0.6) is 0 Å². The van der Waals surface area contributed by atoms with E-state index in [2.05, 4.69) is 41.5 Å². The zero-order valence-corrected chi connectivity index (χ0v) is 10.6. The first-order chi connectivity index (χ1) is 4.95. The Labute approximate surface area is 89.7 Å². The molecule has 1 radical (unpaired) electrons. The van der Waals surface area contributed by atoms with Crippen LogP contribution in [0.1, 0.15) is 48.0 Å². The Kier molecular flexibility index (Phi) is 8.19. The molecule has 0 rings (SSSR count). The molecule has 0 aliphatic rings. The fourth-order valence-corrected chi connectivity index (χ4v) is 1.09. The van der Waals surface area contributed by atoms with Gasteiger partial charge in [0.25, 0.3) is 0 Å². The van der Waals surface area contributed by atoms with Crippen molar-refractivity contribution < 1.29 is 18.6 Å². The van der Waals surface area contributed by atoms with E-state index in [1.54, 1.807) is 0 Å². The summed E-state index contributed by atoms with van der Waals surface area (Å²) < 4.78 is 0. The van der Waals surface area contributed by atoms with Crippen molar-refractivity contribution in [3.8, 4) is 0 Å². The zero-order chi connectivity index (χ0) is 9.02. The Bertz CT molecular complexity index is 143. The largest absolute Gasteiger partial charge is 2.00 e. The van der Waals surface area contributed by atoms with E-state index in [0.29, 0.717) is 0 Å². The monoisotopic (exact) mass is 203 g/mol. The van der Waals surface area contributed by atoms with Gasteiger partial charge in [0, 0.05) is 0 Å². The summed E-state index contributed by atoms with van der Waals surface area (Å²) in [7, 11) is 0. The van der Waals surface area contributed by atoms with Crippen molar-refractivity contribution in [2.24, 2.45) is 0 Å². The Hall–Kier alpha value is 0.194. The molecule has 1 heteroatoms. The smallest absolute Gasteiger partial charge is 0.332 e. The minimum absolute atomic E-state index is 0. The van der Waals surface area contributed by atoms with E-state index >= 15 is 0 Å². The summed E-state index contributed by atoms with van der Waals surface area (Å²) in [5, 5.41) is 0. The second kappa shape index (κ2) is 6.68. The molecule has 0 aliphatic heterocycles. The molecule has 0 N–H and O–H groups in total. The molecular formula is C11H20V. The van der Waals surface area contributed by atoms with E-state index in [0.717, 1.165) is 6.42 Å². The zero-order valence-electron chi connectivity index (χ0n) is 9.15. The van der Waals surface area contributed by atoms with Gasteiger partial charge in [-0.25, -0.2) is 23.5 Å². The van der Waals surface area contributed by atoms with E-state index in [4.69, 9.17) is 0 Å². The van der Waals surface area contributed by atoms with Gasteiger partial charge in [-0.1, -0.05) is 6.92 Å². The van der Waals surface area contributed by atoms with E-state index in [-0.39, 0.29) is 18.6 Å². The van der Waals surface area contributed by atoms with Crippen LogP contribution >= 0.6 is 0 Å². The Morgan fingerprint density at radius 1 is 1.00 bits per heavy atom. The molecule has 0 saturated carbocycles. The second-order valence-corrected chi connectivity index (χ2v) is 3.79. The summed E-state index contributed by atoms with van der Waals surface area (Å²) in [5.41, 5.74) is 2.97. The van der Waals surface area contributed by atoms with Crippen LogP contribution in [-0.2, 0) is 18.6 Å². The van der Waals surface area contributed by atoms with Gasteiger partial charge in [0.1, 0.15) is 0 Å². The van der Waals surface area contributed by atoms with E-state index < -0.39 is 0 Å². The van der Waals surface area contributed by atoms with Crippen LogP contribution in [0.15, 0.2) is 11.1 Å². The summed E-state index contributed by atoms with van der Waals surface area (Å²) in [4.78, 5) is 0. The van der Waals surface area contributed by atoms with Crippen molar-refractivity contribution in [1.29, 1.82) is 0 Å². The van der Waals surface area contributed by atoms with Crippen molar-refractivity contribution in [1.82, 2.24) is 0 Å². The van der Waals surface area contributed by atoms with E-state index in [1.807, 2.05) is 0 Å². The quantitative estimate of drug-likeness (QED) is 0.609. The molecule has 0 spiro atoms. The van der Waals surface area contributed by atoms with E-state index in [9.17, 15) is 0 Å². The maximum absolute atomic E-state index is 2.22. The minimum atomic E-state index is 0. The first kappa shape index (κ1) is 14.7. The summed E-state index contributed by atoms with van der Waals surface area (Å²) >= 11 is 0. The fraction of sp³-hybridized carbons (Fsp3) is 0.636. The molecule has 0 aromatic rings. The Balaban J connectivity index is 0. The Morgan fingerprint density at radius 2 is 1.42 bits per heavy atom. The maximum Gasteiger partial charge on any atom is 2.00 e. The summed E-state index contributed by atoms with van der Waals surface area (Å²) in [6.45, 7) is 13.1. The first-order valence-electron chi connectivity index (χ1n) is 4.21. The van der Waals surface area contributed by atoms with Crippen LogP contribution in [0.25, 0.3) is 0 Å².